The molecule has 3 heteroatoms. The molecular weight excluding hydrogens is 282 g/mol. The molecule has 1 unspecified atom stereocenters. The lowest BCUT2D eigenvalue weighted by Gasteiger charge is -2.39. The molecule has 0 saturated carbocycles. The van der Waals surface area contributed by atoms with Gasteiger partial charge in [0.05, 0.1) is 0 Å². The zero-order chi connectivity index (χ0) is 15.9. The van der Waals surface area contributed by atoms with Gasteiger partial charge >= 0.3 is 0 Å². The highest BCUT2D eigenvalue weighted by Crippen LogP contribution is 2.26. The summed E-state index contributed by atoms with van der Waals surface area (Å²) >= 11 is 0. The first kappa shape index (κ1) is 16.9. The van der Waals surface area contributed by atoms with Gasteiger partial charge in [-0.3, -0.25) is 9.80 Å². The molecule has 3 nitrogen and oxygen atoms in total. The van der Waals surface area contributed by atoms with Gasteiger partial charge in [-0.2, -0.15) is 0 Å². The van der Waals surface area contributed by atoms with Crippen LogP contribution in [0.1, 0.15) is 49.8 Å². The normalized spacial score (nSPS) is 22.1. The number of benzene rings is 1. The third kappa shape index (κ3) is 4.79. The number of nitrogens with one attached hydrogen (secondary N) is 1. The number of rotatable bonds is 6. The Kier molecular flexibility index (Phi) is 6.49. The van der Waals surface area contributed by atoms with Crippen LogP contribution in [0, 0.1) is 0 Å². The molecule has 0 amide bonds. The summed E-state index contributed by atoms with van der Waals surface area (Å²) in [5, 5.41) is 3.47. The molecule has 3 rings (SSSR count). The molecule has 1 atom stereocenters. The van der Waals surface area contributed by atoms with Crippen LogP contribution < -0.4 is 5.32 Å². The smallest absolute Gasteiger partial charge is 0.0475 e. The molecular formula is C20H33N3. The number of piperidine rings is 1. The maximum Gasteiger partial charge on any atom is 0.0475 e. The van der Waals surface area contributed by atoms with E-state index in [1.165, 1.54) is 76.0 Å². The van der Waals surface area contributed by atoms with Gasteiger partial charge < -0.3 is 5.32 Å². The summed E-state index contributed by atoms with van der Waals surface area (Å²) in [4.78, 5) is 5.39. The van der Waals surface area contributed by atoms with Crippen LogP contribution >= 0.6 is 0 Å². The predicted octanol–water partition coefficient (Wildman–Crippen LogP) is 3.07. The van der Waals surface area contributed by atoms with E-state index in [0.717, 1.165) is 13.1 Å². The average molecular weight is 316 g/mol. The highest BCUT2D eigenvalue weighted by Gasteiger charge is 2.25. The molecule has 1 aromatic carbocycles. The monoisotopic (exact) mass is 315 g/mol. The Morgan fingerprint density at radius 3 is 2.30 bits per heavy atom. The lowest BCUT2D eigenvalue weighted by molar-refractivity contribution is 0.111. The Labute approximate surface area is 142 Å². The topological polar surface area (TPSA) is 18.5 Å². The minimum atomic E-state index is 0.573. The highest BCUT2D eigenvalue weighted by molar-refractivity contribution is 5.25. The summed E-state index contributed by atoms with van der Waals surface area (Å²) in [6.07, 6.45) is 6.58. The van der Waals surface area contributed by atoms with E-state index in [-0.39, 0.29) is 0 Å². The van der Waals surface area contributed by atoms with Crippen molar-refractivity contribution in [2.45, 2.75) is 45.1 Å². The number of aryl methyl sites for hydroxylation is 1. The second-order valence-electron chi connectivity index (χ2n) is 7.15. The van der Waals surface area contributed by atoms with Crippen molar-refractivity contribution in [3.63, 3.8) is 0 Å². The molecule has 0 aliphatic carbocycles. The Hall–Kier alpha value is -0.900. The minimum Gasteiger partial charge on any atom is -0.314 e. The van der Waals surface area contributed by atoms with E-state index >= 15 is 0 Å². The summed E-state index contributed by atoms with van der Waals surface area (Å²) in [6.45, 7) is 10.7. The average Bonchev–Trinajstić information content (AvgIpc) is 2.62. The van der Waals surface area contributed by atoms with Gasteiger partial charge in [-0.1, -0.05) is 44.0 Å². The fourth-order valence-corrected chi connectivity index (χ4v) is 4.00. The molecule has 2 fully saturated rings. The van der Waals surface area contributed by atoms with Crippen LogP contribution in [0.15, 0.2) is 24.3 Å². The van der Waals surface area contributed by atoms with E-state index in [1.54, 1.807) is 0 Å². The van der Waals surface area contributed by atoms with Gasteiger partial charge in [0.15, 0.2) is 0 Å². The molecule has 23 heavy (non-hydrogen) atoms. The lowest BCUT2D eigenvalue weighted by atomic mass is 9.98. The summed E-state index contributed by atoms with van der Waals surface area (Å²) < 4.78 is 0. The van der Waals surface area contributed by atoms with Crippen LogP contribution in [0.4, 0.5) is 0 Å². The van der Waals surface area contributed by atoms with E-state index < -0.39 is 0 Å². The number of piperazine rings is 1. The Morgan fingerprint density at radius 1 is 0.957 bits per heavy atom. The van der Waals surface area contributed by atoms with Gasteiger partial charge in [0.2, 0.25) is 0 Å². The second kappa shape index (κ2) is 8.81. The van der Waals surface area contributed by atoms with Crippen molar-refractivity contribution in [3.8, 4) is 0 Å². The number of hydrogen-bond donors (Lipinski definition) is 1. The summed E-state index contributed by atoms with van der Waals surface area (Å²) in [5.74, 6) is 0. The first-order valence-corrected chi connectivity index (χ1v) is 9.63. The first-order chi connectivity index (χ1) is 11.4. The van der Waals surface area contributed by atoms with E-state index in [2.05, 4.69) is 46.3 Å². The van der Waals surface area contributed by atoms with Crippen molar-refractivity contribution in [1.82, 2.24) is 15.1 Å². The fraction of sp³-hybridized carbons (Fsp3) is 0.700. The van der Waals surface area contributed by atoms with Gasteiger partial charge in [-0.15, -0.1) is 0 Å². The second-order valence-corrected chi connectivity index (χ2v) is 7.15. The molecule has 1 aromatic rings. The first-order valence-electron chi connectivity index (χ1n) is 9.63. The molecule has 0 spiro atoms. The fourth-order valence-electron chi connectivity index (χ4n) is 4.00. The molecule has 128 valence electrons. The molecule has 2 aliphatic heterocycles. The maximum atomic E-state index is 3.47. The van der Waals surface area contributed by atoms with Crippen LogP contribution in [0.5, 0.6) is 0 Å². The van der Waals surface area contributed by atoms with E-state index in [0.29, 0.717) is 6.04 Å². The van der Waals surface area contributed by atoms with Crippen LogP contribution in [-0.4, -0.2) is 55.6 Å². The van der Waals surface area contributed by atoms with Crippen molar-refractivity contribution in [2.24, 2.45) is 0 Å². The summed E-state index contributed by atoms with van der Waals surface area (Å²) in [6, 6.07) is 10.1. The Bertz CT molecular complexity index is 444. The van der Waals surface area contributed by atoms with E-state index in [9.17, 15) is 0 Å². The van der Waals surface area contributed by atoms with Crippen LogP contribution in [0.2, 0.25) is 0 Å². The predicted molar refractivity (Wildman–Crippen MR) is 97.9 cm³/mol. The van der Waals surface area contributed by atoms with Crippen LogP contribution in [-0.2, 0) is 6.42 Å². The van der Waals surface area contributed by atoms with Crippen molar-refractivity contribution in [1.29, 1.82) is 0 Å². The Balaban J connectivity index is 1.72. The molecule has 1 N–H and O–H groups in total. The zero-order valence-electron chi connectivity index (χ0n) is 14.8. The largest absolute Gasteiger partial charge is 0.314 e. The quantitative estimate of drug-likeness (QED) is 0.870. The highest BCUT2D eigenvalue weighted by atomic mass is 15.2. The van der Waals surface area contributed by atoms with Crippen LogP contribution in [0.3, 0.4) is 0 Å². The lowest BCUT2D eigenvalue weighted by Crippen LogP contribution is -2.48. The zero-order valence-corrected chi connectivity index (χ0v) is 14.8. The van der Waals surface area contributed by atoms with E-state index in [1.807, 2.05) is 0 Å². The van der Waals surface area contributed by atoms with Gasteiger partial charge in [-0.05, 0) is 43.5 Å². The van der Waals surface area contributed by atoms with Gasteiger partial charge in [-0.25, -0.2) is 0 Å². The SMILES string of the molecule is CCCc1ccc(C(CN2CCNCC2)N2CCCCC2)cc1. The molecule has 2 saturated heterocycles. The van der Waals surface area contributed by atoms with Gasteiger partial charge in [0.25, 0.3) is 0 Å². The van der Waals surface area contributed by atoms with Crippen LogP contribution in [0.25, 0.3) is 0 Å². The molecule has 0 aromatic heterocycles. The van der Waals surface area contributed by atoms with Gasteiger partial charge in [0, 0.05) is 38.8 Å². The van der Waals surface area contributed by atoms with Gasteiger partial charge in [0.1, 0.15) is 0 Å². The van der Waals surface area contributed by atoms with Crippen molar-refractivity contribution in [2.75, 3.05) is 45.8 Å². The standard InChI is InChI=1S/C20H33N3/c1-2-6-18-7-9-19(10-8-18)20(23-13-4-3-5-14-23)17-22-15-11-21-12-16-22/h7-10,20-21H,2-6,11-17H2,1H3. The third-order valence-electron chi connectivity index (χ3n) is 5.38. The molecule has 2 aliphatic rings. The van der Waals surface area contributed by atoms with Crippen molar-refractivity contribution >= 4 is 0 Å². The maximum absolute atomic E-state index is 3.47. The molecule has 0 radical (unpaired) electrons. The summed E-state index contributed by atoms with van der Waals surface area (Å²) in [7, 11) is 0. The Morgan fingerprint density at radius 2 is 1.65 bits per heavy atom. The minimum absolute atomic E-state index is 0.573. The molecule has 2 heterocycles. The summed E-state index contributed by atoms with van der Waals surface area (Å²) in [5.41, 5.74) is 3.00. The van der Waals surface area contributed by atoms with Crippen molar-refractivity contribution in [3.05, 3.63) is 35.4 Å². The molecule has 0 bridgehead atoms. The number of nitrogens with zero attached hydrogens (tertiary/aromatic N) is 2. The number of hydrogen-bond acceptors (Lipinski definition) is 3. The van der Waals surface area contributed by atoms with Crippen molar-refractivity contribution < 1.29 is 0 Å². The third-order valence-corrected chi connectivity index (χ3v) is 5.38. The number of likely N-dealkylation sites (tertiary alicyclic amines) is 1. The van der Waals surface area contributed by atoms with E-state index in [4.69, 9.17) is 0 Å².